The lowest BCUT2D eigenvalue weighted by Gasteiger charge is -2.20. The lowest BCUT2D eigenvalue weighted by molar-refractivity contribution is 0.561. The summed E-state index contributed by atoms with van der Waals surface area (Å²) in [6, 6.07) is 6.38. The number of nitrogens with zero attached hydrogens (tertiary/aromatic N) is 1. The van der Waals surface area contributed by atoms with Crippen molar-refractivity contribution in [3.8, 4) is 0 Å². The molecule has 0 saturated heterocycles. The number of hydrogen-bond acceptors (Lipinski definition) is 2. The number of rotatable bonds is 1. The molecule has 0 aliphatic heterocycles. The second kappa shape index (κ2) is 4.34. The zero-order chi connectivity index (χ0) is 13.8. The van der Waals surface area contributed by atoms with E-state index in [2.05, 4.69) is 38.5 Å². The van der Waals surface area contributed by atoms with Crippen molar-refractivity contribution >= 4 is 33.0 Å². The minimum Gasteiger partial charge on any atom is -0.591 e. The van der Waals surface area contributed by atoms with Crippen molar-refractivity contribution in [2.24, 2.45) is 9.81 Å². The molecule has 0 heterocycles. The summed E-state index contributed by atoms with van der Waals surface area (Å²) in [5, 5.41) is 0. The Hall–Kier alpha value is -0.320. The van der Waals surface area contributed by atoms with Crippen LogP contribution in [0.25, 0.3) is 0 Å². The van der Waals surface area contributed by atoms with Crippen LogP contribution in [-0.4, -0.2) is 15.0 Å². The maximum Gasteiger partial charge on any atom is 0.144 e. The summed E-state index contributed by atoms with van der Waals surface area (Å²) < 4.78 is 17.7. The summed E-state index contributed by atoms with van der Waals surface area (Å²) in [6.45, 7) is 5.93. The molecule has 1 aromatic rings. The van der Waals surface area contributed by atoms with Gasteiger partial charge in [-0.2, -0.15) is 0 Å². The zero-order valence-electron chi connectivity index (χ0n) is 11.5. The van der Waals surface area contributed by atoms with Gasteiger partial charge in [0.05, 0.1) is 0 Å². The van der Waals surface area contributed by atoms with Crippen LogP contribution in [0.4, 0.5) is 0 Å². The van der Waals surface area contributed by atoms with E-state index in [4.69, 9.17) is 0 Å². The predicted octanol–water partition coefficient (Wildman–Crippen LogP) is 4.04. The lowest BCUT2D eigenvalue weighted by atomic mass is 10.0. The van der Waals surface area contributed by atoms with E-state index in [1.165, 1.54) is 24.0 Å². The van der Waals surface area contributed by atoms with Gasteiger partial charge in [-0.15, -0.1) is 0 Å². The number of halogens is 1. The molecule has 102 valence electrons. The molecule has 1 saturated carbocycles. The third-order valence-corrected chi connectivity index (χ3v) is 5.80. The van der Waals surface area contributed by atoms with E-state index in [0.717, 1.165) is 16.6 Å². The number of fused-ring (bicyclic) bond motifs is 1. The van der Waals surface area contributed by atoms with Crippen LogP contribution >= 0.6 is 15.9 Å². The van der Waals surface area contributed by atoms with Gasteiger partial charge < -0.3 is 4.55 Å². The highest BCUT2D eigenvalue weighted by Crippen LogP contribution is 2.56. The standard InChI is InChI=1S/C15H18BrNOS/c1-14(2,3)19(18)17-13-12-8-11(16)5-4-10(12)9-15(13)6-7-15/h4-5,8H,6-7,9H2,1-3H3/b17-13+. The van der Waals surface area contributed by atoms with Crippen LogP contribution in [0.1, 0.15) is 44.7 Å². The summed E-state index contributed by atoms with van der Waals surface area (Å²) >= 11 is 2.35. The summed E-state index contributed by atoms with van der Waals surface area (Å²) in [4.78, 5) is 0. The number of hydrogen-bond donors (Lipinski definition) is 0. The fourth-order valence-electron chi connectivity index (χ4n) is 2.59. The average Bonchev–Trinajstić information content (AvgIpc) is 3.01. The fourth-order valence-corrected chi connectivity index (χ4v) is 3.68. The fraction of sp³-hybridized carbons (Fsp3) is 0.533. The van der Waals surface area contributed by atoms with Crippen LogP contribution in [0.5, 0.6) is 0 Å². The monoisotopic (exact) mass is 339 g/mol. The predicted molar refractivity (Wildman–Crippen MR) is 83.9 cm³/mol. The largest absolute Gasteiger partial charge is 0.591 e. The van der Waals surface area contributed by atoms with E-state index in [0.29, 0.717) is 0 Å². The van der Waals surface area contributed by atoms with Crippen LogP contribution in [-0.2, 0) is 17.8 Å². The Morgan fingerprint density at radius 3 is 2.58 bits per heavy atom. The third-order valence-electron chi connectivity index (χ3n) is 3.91. The van der Waals surface area contributed by atoms with Crippen molar-refractivity contribution < 1.29 is 4.55 Å². The number of benzene rings is 1. The van der Waals surface area contributed by atoms with Crippen LogP contribution in [0, 0.1) is 5.41 Å². The molecule has 19 heavy (non-hydrogen) atoms. The van der Waals surface area contributed by atoms with E-state index >= 15 is 0 Å². The molecule has 2 aliphatic carbocycles. The van der Waals surface area contributed by atoms with E-state index in [9.17, 15) is 4.55 Å². The molecule has 2 nitrogen and oxygen atoms in total. The van der Waals surface area contributed by atoms with Crippen molar-refractivity contribution in [3.63, 3.8) is 0 Å². The first-order valence-electron chi connectivity index (χ1n) is 6.62. The van der Waals surface area contributed by atoms with Gasteiger partial charge in [0.25, 0.3) is 0 Å². The van der Waals surface area contributed by atoms with Gasteiger partial charge in [0.15, 0.2) is 0 Å². The Balaban J connectivity index is 2.05. The first-order valence-corrected chi connectivity index (χ1v) is 8.52. The molecule has 0 aromatic heterocycles. The van der Waals surface area contributed by atoms with Crippen LogP contribution in [0.3, 0.4) is 0 Å². The Morgan fingerprint density at radius 2 is 2.00 bits per heavy atom. The van der Waals surface area contributed by atoms with Crippen molar-refractivity contribution in [2.45, 2.75) is 44.8 Å². The molecule has 0 radical (unpaired) electrons. The minimum absolute atomic E-state index is 0.198. The zero-order valence-corrected chi connectivity index (χ0v) is 13.9. The highest BCUT2D eigenvalue weighted by Gasteiger charge is 2.54. The normalized spacial score (nSPS) is 23.7. The molecule has 1 atom stereocenters. The molecule has 1 unspecified atom stereocenters. The first kappa shape index (κ1) is 13.7. The van der Waals surface area contributed by atoms with E-state index in [-0.39, 0.29) is 10.2 Å². The Bertz CT molecular complexity index is 558. The van der Waals surface area contributed by atoms with Crippen LogP contribution in [0.15, 0.2) is 27.1 Å². The highest BCUT2D eigenvalue weighted by molar-refractivity contribution is 9.10. The molecular weight excluding hydrogens is 322 g/mol. The van der Waals surface area contributed by atoms with Crippen molar-refractivity contribution in [1.29, 1.82) is 0 Å². The van der Waals surface area contributed by atoms with Crippen LogP contribution < -0.4 is 0 Å². The Kier molecular flexibility index (Phi) is 3.12. The van der Waals surface area contributed by atoms with Gasteiger partial charge in [0, 0.05) is 15.5 Å². The van der Waals surface area contributed by atoms with Crippen LogP contribution in [0.2, 0.25) is 0 Å². The molecule has 1 aromatic carbocycles. The van der Waals surface area contributed by atoms with Gasteiger partial charge in [-0.25, -0.2) is 0 Å². The van der Waals surface area contributed by atoms with Gasteiger partial charge in [-0.3, -0.25) is 0 Å². The Labute approximate surface area is 126 Å². The SMILES string of the molecule is CC(C)(C)[S+]([O-])/N=C1\c2cc(Br)ccc2CC12CC2. The summed E-state index contributed by atoms with van der Waals surface area (Å²) in [6.07, 6.45) is 3.43. The van der Waals surface area contributed by atoms with E-state index in [1.807, 2.05) is 20.8 Å². The van der Waals surface area contributed by atoms with Gasteiger partial charge in [0.2, 0.25) is 0 Å². The smallest absolute Gasteiger partial charge is 0.144 e. The van der Waals surface area contributed by atoms with Gasteiger partial charge in [-0.1, -0.05) is 26.4 Å². The molecule has 0 bridgehead atoms. The molecule has 2 aliphatic rings. The average molecular weight is 340 g/mol. The minimum atomic E-state index is -1.17. The second-order valence-electron chi connectivity index (χ2n) is 6.56. The van der Waals surface area contributed by atoms with Gasteiger partial charge >= 0.3 is 0 Å². The highest BCUT2D eigenvalue weighted by atomic mass is 79.9. The van der Waals surface area contributed by atoms with Crippen molar-refractivity contribution in [1.82, 2.24) is 0 Å². The molecule has 3 rings (SSSR count). The van der Waals surface area contributed by atoms with E-state index < -0.39 is 11.4 Å². The van der Waals surface area contributed by atoms with Gasteiger partial charge in [-0.05, 0) is 57.7 Å². The van der Waals surface area contributed by atoms with Crippen molar-refractivity contribution in [3.05, 3.63) is 33.8 Å². The maximum atomic E-state index is 12.3. The van der Waals surface area contributed by atoms with Crippen molar-refractivity contribution in [2.75, 3.05) is 0 Å². The summed E-state index contributed by atoms with van der Waals surface area (Å²) in [7, 11) is 0. The third kappa shape index (κ3) is 2.39. The molecule has 0 amide bonds. The summed E-state index contributed by atoms with van der Waals surface area (Å²) in [5.74, 6) is 0. The molecule has 1 spiro atoms. The molecule has 4 heteroatoms. The summed E-state index contributed by atoms with van der Waals surface area (Å²) in [5.41, 5.74) is 3.83. The lowest BCUT2D eigenvalue weighted by Crippen LogP contribution is -2.28. The van der Waals surface area contributed by atoms with E-state index in [1.54, 1.807) is 0 Å². The molecular formula is C15H18BrNOS. The maximum absolute atomic E-state index is 12.3. The molecule has 1 fully saturated rings. The molecule has 0 N–H and O–H groups in total. The van der Waals surface area contributed by atoms with Gasteiger partial charge in [0.1, 0.15) is 21.8 Å². The first-order chi connectivity index (χ1) is 8.82. The second-order valence-corrected chi connectivity index (χ2v) is 9.38. The topological polar surface area (TPSA) is 35.4 Å². The Morgan fingerprint density at radius 1 is 1.32 bits per heavy atom. The quantitative estimate of drug-likeness (QED) is 0.711.